The molecule has 0 radical (unpaired) electrons. The van der Waals surface area contributed by atoms with E-state index in [-0.39, 0.29) is 0 Å². The number of carbonyl (C=O) groups is 2. The fourth-order valence-corrected chi connectivity index (χ4v) is 6.64. The van der Waals surface area contributed by atoms with Gasteiger partial charge in [0.15, 0.2) is 0 Å². The normalized spacial score (nSPS) is 10.2. The predicted octanol–water partition coefficient (Wildman–Crippen LogP) is 10.9. The third kappa shape index (κ3) is 71.1. The van der Waals surface area contributed by atoms with E-state index in [4.69, 9.17) is 0 Å². The highest BCUT2D eigenvalue weighted by atomic mass is 16.4. The Kier molecular flexibility index (Phi) is 62.7. The molecule has 0 spiro atoms. The number of hydrogen-bond acceptors (Lipinski definition) is 4. The summed E-state index contributed by atoms with van der Waals surface area (Å²) in [6.45, 7) is 6.75. The van der Waals surface area contributed by atoms with Gasteiger partial charge in [0.25, 0.3) is 0 Å². The van der Waals surface area contributed by atoms with Crippen molar-refractivity contribution in [3.63, 3.8) is 0 Å². The van der Waals surface area contributed by atoms with Crippen LogP contribution in [0.3, 0.4) is 0 Å². The fourth-order valence-electron chi connectivity index (χ4n) is 6.64. The van der Waals surface area contributed by atoms with Crippen LogP contribution < -0.4 is 21.7 Å². The molecular weight excluding hydrogens is 765 g/mol. The summed E-state index contributed by atoms with van der Waals surface area (Å²) < 4.78 is 0. The van der Waals surface area contributed by atoms with Crippen molar-refractivity contribution in [3.8, 4) is 47.4 Å². The molecule has 0 rings (SSSR count). The number of aliphatic carboxylic acids is 2. The number of hydrogen-bond donors (Lipinski definition) is 2. The lowest BCUT2D eigenvalue weighted by Crippen LogP contribution is -2.50. The maximum Gasteiger partial charge on any atom is 0.0739 e. The van der Waals surface area contributed by atoms with E-state index in [9.17, 15) is 19.8 Å². The van der Waals surface area contributed by atoms with E-state index in [1.54, 1.807) is 0 Å². The first kappa shape index (κ1) is 62.9. The average Bonchev–Trinajstić information content (AvgIpc) is 3.26. The van der Waals surface area contributed by atoms with E-state index >= 15 is 0 Å². The lowest BCUT2D eigenvalue weighted by molar-refractivity contribution is -0.368. The van der Waals surface area contributed by atoms with E-state index < -0.39 is 11.9 Å². The smallest absolute Gasteiger partial charge is 0.0739 e. The van der Waals surface area contributed by atoms with Gasteiger partial charge in [-0.3, -0.25) is 0 Å². The van der Waals surface area contributed by atoms with Crippen molar-refractivity contribution in [3.05, 3.63) is 24.3 Å². The van der Waals surface area contributed by atoms with Crippen LogP contribution in [-0.2, 0) is 9.59 Å². The summed E-state index contributed by atoms with van der Waals surface area (Å²) in [6, 6.07) is 0. The minimum absolute atomic E-state index is 0.708. The monoisotopic (exact) mass is 861 g/mol. The van der Waals surface area contributed by atoms with Gasteiger partial charge in [0.05, 0.1) is 25.0 Å². The summed E-state index contributed by atoms with van der Waals surface area (Å²) in [5.41, 5.74) is 7.77. The van der Waals surface area contributed by atoms with Crippen LogP contribution in [0.2, 0.25) is 0 Å². The molecule has 0 aromatic carbocycles. The zero-order chi connectivity index (χ0) is 45.9. The second kappa shape index (κ2) is 61.9. The fraction of sp³-hybridized carbons (Fsp3) is 0.750. The molecule has 0 aliphatic rings. The summed E-state index contributed by atoms with van der Waals surface area (Å²) in [5.74, 6) is 22.2. The minimum atomic E-state index is -1.37. The number of allylic oxidation sites excluding steroid dienone is 2. The number of unbranched alkanes of at least 4 members (excludes halogenated alkanes) is 34. The molecule has 0 saturated heterocycles. The summed E-state index contributed by atoms with van der Waals surface area (Å²) in [7, 11) is 0. The maximum atomic E-state index is 9.65. The van der Waals surface area contributed by atoms with Gasteiger partial charge in [-0.05, 0) is 87.2 Å². The van der Waals surface area contributed by atoms with Gasteiger partial charge in [0.1, 0.15) is 0 Å². The van der Waals surface area contributed by atoms with Gasteiger partial charge in [0, 0.05) is 25.7 Å². The molecule has 0 aromatic heterocycles. The standard InChI is InChI=1S/2C25H45N.C6H6O4/c2*1-2-3-4-5-6-7-8-9-10-11-12-13-14-15-16-17-18-19-20-21-22-23-24-25-26;7-5(8)3-1-2-4-6(9)10/h2*2-12,17-26H2,1H3;1-4H,(H,7,8)(H,9,10)/b;;3-1-,4-2-. The van der Waals surface area contributed by atoms with Crippen molar-refractivity contribution in [2.45, 2.75) is 258 Å². The van der Waals surface area contributed by atoms with Gasteiger partial charge in [-0.1, -0.05) is 217 Å². The average molecular weight is 861 g/mol. The van der Waals surface area contributed by atoms with Gasteiger partial charge in [-0.2, -0.15) is 0 Å². The molecule has 0 saturated carbocycles. The lowest BCUT2D eigenvalue weighted by atomic mass is 10.1. The lowest BCUT2D eigenvalue weighted by Gasteiger charge is -2.00. The molecular formula is C56H96N2O4. The Hall–Kier alpha value is -3.42. The highest BCUT2D eigenvalue weighted by Crippen LogP contribution is 2.13. The molecule has 62 heavy (non-hydrogen) atoms. The van der Waals surface area contributed by atoms with Crippen LogP contribution in [0.15, 0.2) is 24.3 Å². The molecule has 6 heteroatoms. The summed E-state index contributed by atoms with van der Waals surface area (Å²) in [6.07, 6.45) is 54.0. The van der Waals surface area contributed by atoms with Gasteiger partial charge in [0.2, 0.25) is 0 Å². The third-order valence-corrected chi connectivity index (χ3v) is 10.5. The molecule has 0 fully saturated rings. The first-order valence-corrected chi connectivity index (χ1v) is 25.7. The molecule has 6 nitrogen and oxygen atoms in total. The van der Waals surface area contributed by atoms with Crippen LogP contribution in [0.5, 0.6) is 0 Å². The van der Waals surface area contributed by atoms with Gasteiger partial charge in [-0.25, -0.2) is 0 Å². The van der Waals surface area contributed by atoms with E-state index in [1.807, 2.05) is 0 Å². The Morgan fingerprint density at radius 1 is 0.339 bits per heavy atom. The first-order valence-electron chi connectivity index (χ1n) is 25.7. The highest BCUT2D eigenvalue weighted by Gasteiger charge is 1.94. The molecule has 0 aromatic rings. The molecule has 0 heterocycles. The summed E-state index contributed by atoms with van der Waals surface area (Å²) >= 11 is 0. The van der Waals surface area contributed by atoms with E-state index in [2.05, 4.69) is 72.7 Å². The predicted molar refractivity (Wildman–Crippen MR) is 262 cm³/mol. The van der Waals surface area contributed by atoms with Crippen LogP contribution in [0.1, 0.15) is 258 Å². The Labute approximate surface area is 384 Å². The van der Waals surface area contributed by atoms with Crippen LogP contribution >= 0.6 is 0 Å². The van der Waals surface area contributed by atoms with E-state index in [0.29, 0.717) is 12.2 Å². The van der Waals surface area contributed by atoms with Crippen molar-refractivity contribution < 1.29 is 31.3 Å². The SMILES string of the molecule is CCCCCCCCCCCCC#CC#CCCCCCCCCC[NH3+].CCCCCCCCCCCCC#CC#CCCCCCCCCC[NH3+].O=C([O-])/C=C\C=C/C(=O)[O-]. The van der Waals surface area contributed by atoms with Crippen molar-refractivity contribution >= 4 is 11.9 Å². The summed E-state index contributed by atoms with van der Waals surface area (Å²) in [5, 5.41) is 19.3. The van der Waals surface area contributed by atoms with Crippen molar-refractivity contribution in [2.75, 3.05) is 13.1 Å². The Morgan fingerprint density at radius 2 is 0.532 bits per heavy atom. The van der Waals surface area contributed by atoms with Crippen LogP contribution in [-0.4, -0.2) is 25.0 Å². The number of carbonyl (C=O) groups excluding carboxylic acids is 2. The molecule has 0 bridgehead atoms. The Bertz CT molecular complexity index is 1160. The topological polar surface area (TPSA) is 136 Å². The molecule has 0 aliphatic heterocycles. The van der Waals surface area contributed by atoms with Gasteiger partial charge < -0.3 is 31.3 Å². The number of carboxylic acids is 2. The van der Waals surface area contributed by atoms with Crippen molar-refractivity contribution in [2.24, 2.45) is 0 Å². The Balaban J connectivity index is -0.000000922. The third-order valence-electron chi connectivity index (χ3n) is 10.5. The summed E-state index contributed by atoms with van der Waals surface area (Å²) in [4.78, 5) is 19.3. The second-order valence-electron chi connectivity index (χ2n) is 16.6. The van der Waals surface area contributed by atoms with Crippen LogP contribution in [0, 0.1) is 47.4 Å². The molecule has 354 valence electrons. The van der Waals surface area contributed by atoms with Gasteiger partial charge >= 0.3 is 0 Å². The molecule has 6 N–H and O–H groups in total. The van der Waals surface area contributed by atoms with Crippen LogP contribution in [0.4, 0.5) is 0 Å². The van der Waals surface area contributed by atoms with E-state index in [0.717, 1.165) is 50.9 Å². The number of rotatable bonds is 39. The van der Waals surface area contributed by atoms with E-state index in [1.165, 1.54) is 218 Å². The van der Waals surface area contributed by atoms with Crippen molar-refractivity contribution in [1.82, 2.24) is 0 Å². The molecule has 0 aliphatic carbocycles. The first-order chi connectivity index (χ1) is 30.5. The largest absolute Gasteiger partial charge is 0.545 e. The second-order valence-corrected chi connectivity index (χ2v) is 16.6. The molecule has 0 atom stereocenters. The maximum absolute atomic E-state index is 9.65. The Morgan fingerprint density at radius 3 is 0.726 bits per heavy atom. The highest BCUT2D eigenvalue weighted by molar-refractivity contribution is 5.80. The van der Waals surface area contributed by atoms with Crippen molar-refractivity contribution in [1.29, 1.82) is 0 Å². The quantitative estimate of drug-likeness (QED) is 0.0275. The van der Waals surface area contributed by atoms with Gasteiger partial charge in [-0.15, -0.1) is 0 Å². The number of carboxylic acid groups (broad SMARTS) is 2. The zero-order valence-electron chi connectivity index (χ0n) is 40.6. The molecule has 0 amide bonds. The molecule has 0 unspecified atom stereocenters. The van der Waals surface area contributed by atoms with Crippen LogP contribution in [0.25, 0.3) is 0 Å². The number of quaternary nitrogens is 2. The minimum Gasteiger partial charge on any atom is -0.545 e. The zero-order valence-corrected chi connectivity index (χ0v) is 40.6.